The summed E-state index contributed by atoms with van der Waals surface area (Å²) in [5.41, 5.74) is 1.91. The van der Waals surface area contributed by atoms with E-state index in [0.29, 0.717) is 11.9 Å². The second-order valence-electron chi connectivity index (χ2n) is 9.32. The molecule has 2 fully saturated rings. The van der Waals surface area contributed by atoms with Crippen LogP contribution >= 0.6 is 0 Å². The molecular formula is C23H26N4O. The van der Waals surface area contributed by atoms with Gasteiger partial charge in [-0.15, -0.1) is 0 Å². The van der Waals surface area contributed by atoms with Gasteiger partial charge in [0.25, 0.3) is 5.56 Å². The van der Waals surface area contributed by atoms with E-state index in [-0.39, 0.29) is 22.4 Å². The third kappa shape index (κ3) is 2.49. The topological polar surface area (TPSA) is 59.8 Å². The summed E-state index contributed by atoms with van der Waals surface area (Å²) in [6, 6.07) is 13.5. The highest BCUT2D eigenvalue weighted by molar-refractivity contribution is 5.76. The summed E-state index contributed by atoms with van der Waals surface area (Å²) in [7, 11) is 0. The molecule has 144 valence electrons. The highest BCUT2D eigenvalue weighted by atomic mass is 16.1. The monoisotopic (exact) mass is 374 g/mol. The van der Waals surface area contributed by atoms with Crippen molar-refractivity contribution in [3.63, 3.8) is 0 Å². The molecular weight excluding hydrogens is 348 g/mol. The normalized spacial score (nSPS) is 28.0. The van der Waals surface area contributed by atoms with Crippen LogP contribution in [0.3, 0.4) is 0 Å². The van der Waals surface area contributed by atoms with Gasteiger partial charge in [-0.25, -0.2) is 4.98 Å². The SMILES string of the molecule is CC12CCC(C1)C(C)(C)C2n1c(=O)ccc2cnc(Nc3ccccc3)nc21. The fraction of sp³-hybridized carbons (Fsp3) is 0.435. The fourth-order valence-electron chi connectivity index (χ4n) is 5.92. The number of nitrogens with zero attached hydrogens (tertiary/aromatic N) is 3. The first kappa shape index (κ1) is 17.4. The van der Waals surface area contributed by atoms with E-state index in [4.69, 9.17) is 4.98 Å². The van der Waals surface area contributed by atoms with E-state index in [1.54, 1.807) is 6.07 Å². The lowest BCUT2D eigenvalue weighted by molar-refractivity contribution is 0.0838. The standard InChI is InChI=1S/C23H26N4O/c1-22(2)16-11-12-23(3,13-16)20(22)27-18(28)10-9-15-14-24-21(26-19(15)27)25-17-7-5-4-6-8-17/h4-10,14,16,20H,11-13H2,1-3H3,(H,24,25,26). The molecule has 2 aliphatic rings. The first-order valence-electron chi connectivity index (χ1n) is 10.1. The number of rotatable bonds is 3. The van der Waals surface area contributed by atoms with Crippen LogP contribution in [0.15, 0.2) is 53.5 Å². The van der Waals surface area contributed by atoms with E-state index < -0.39 is 0 Å². The lowest BCUT2D eigenvalue weighted by Gasteiger charge is -2.43. The number of benzene rings is 1. The summed E-state index contributed by atoms with van der Waals surface area (Å²) in [6.07, 6.45) is 5.43. The summed E-state index contributed by atoms with van der Waals surface area (Å²) in [5.74, 6) is 1.18. The lowest BCUT2D eigenvalue weighted by Crippen LogP contribution is -2.42. The number of hydrogen-bond acceptors (Lipinski definition) is 4. The van der Waals surface area contributed by atoms with Gasteiger partial charge in [-0.1, -0.05) is 39.0 Å². The summed E-state index contributed by atoms with van der Waals surface area (Å²) in [4.78, 5) is 22.3. The minimum absolute atomic E-state index is 0.0312. The Kier molecular flexibility index (Phi) is 3.67. The average molecular weight is 374 g/mol. The molecule has 0 aliphatic heterocycles. The number of nitrogens with one attached hydrogen (secondary N) is 1. The Labute approximate surface area is 164 Å². The van der Waals surface area contributed by atoms with E-state index >= 15 is 0 Å². The van der Waals surface area contributed by atoms with Crippen LogP contribution in [0.5, 0.6) is 0 Å². The molecule has 0 saturated heterocycles. The van der Waals surface area contributed by atoms with Crippen LogP contribution in [-0.2, 0) is 0 Å². The number of para-hydroxylation sites is 1. The number of fused-ring (bicyclic) bond motifs is 3. The minimum Gasteiger partial charge on any atom is -0.324 e. The van der Waals surface area contributed by atoms with Gasteiger partial charge in [-0.2, -0.15) is 4.98 Å². The van der Waals surface area contributed by atoms with Gasteiger partial charge in [0.1, 0.15) is 5.65 Å². The Hall–Kier alpha value is -2.69. The first-order chi connectivity index (χ1) is 13.4. The molecule has 28 heavy (non-hydrogen) atoms. The molecule has 3 unspecified atom stereocenters. The molecule has 1 aromatic carbocycles. The van der Waals surface area contributed by atoms with Crippen molar-refractivity contribution in [2.24, 2.45) is 16.7 Å². The van der Waals surface area contributed by atoms with Crippen LogP contribution in [-0.4, -0.2) is 14.5 Å². The smallest absolute Gasteiger partial charge is 0.252 e. The van der Waals surface area contributed by atoms with Crippen molar-refractivity contribution in [3.05, 3.63) is 59.0 Å². The van der Waals surface area contributed by atoms with E-state index in [2.05, 4.69) is 31.1 Å². The van der Waals surface area contributed by atoms with Crippen LogP contribution in [0.25, 0.3) is 11.0 Å². The third-order valence-corrected chi connectivity index (χ3v) is 7.15. The third-order valence-electron chi connectivity index (χ3n) is 7.15. The van der Waals surface area contributed by atoms with Crippen LogP contribution in [0.1, 0.15) is 46.1 Å². The minimum atomic E-state index is 0.0312. The van der Waals surface area contributed by atoms with Crippen LogP contribution in [0.4, 0.5) is 11.6 Å². The Morgan fingerprint density at radius 2 is 1.89 bits per heavy atom. The molecule has 2 aliphatic carbocycles. The molecule has 3 atom stereocenters. The Balaban J connectivity index is 1.67. The summed E-state index contributed by atoms with van der Waals surface area (Å²) in [6.45, 7) is 6.99. The van der Waals surface area contributed by atoms with Gasteiger partial charge >= 0.3 is 0 Å². The maximum Gasteiger partial charge on any atom is 0.252 e. The second-order valence-corrected chi connectivity index (χ2v) is 9.32. The highest BCUT2D eigenvalue weighted by Gasteiger charge is 2.60. The Morgan fingerprint density at radius 1 is 1.11 bits per heavy atom. The van der Waals surface area contributed by atoms with Crippen molar-refractivity contribution in [1.29, 1.82) is 0 Å². The zero-order valence-corrected chi connectivity index (χ0v) is 16.6. The van der Waals surface area contributed by atoms with Gasteiger partial charge in [-0.05, 0) is 54.2 Å². The molecule has 0 radical (unpaired) electrons. The molecule has 2 saturated carbocycles. The van der Waals surface area contributed by atoms with Crippen molar-refractivity contribution < 1.29 is 0 Å². The molecule has 2 bridgehead atoms. The second kappa shape index (κ2) is 5.90. The van der Waals surface area contributed by atoms with E-state index in [0.717, 1.165) is 16.7 Å². The quantitative estimate of drug-likeness (QED) is 0.707. The van der Waals surface area contributed by atoms with Crippen molar-refractivity contribution >= 4 is 22.7 Å². The molecule has 2 aromatic heterocycles. The van der Waals surface area contributed by atoms with Crippen LogP contribution < -0.4 is 10.9 Å². The molecule has 2 heterocycles. The van der Waals surface area contributed by atoms with E-state index in [1.807, 2.05) is 47.2 Å². The maximum atomic E-state index is 13.1. The van der Waals surface area contributed by atoms with Crippen molar-refractivity contribution in [2.75, 3.05) is 5.32 Å². The van der Waals surface area contributed by atoms with E-state index in [1.165, 1.54) is 19.3 Å². The van der Waals surface area contributed by atoms with Crippen molar-refractivity contribution in [2.45, 2.75) is 46.1 Å². The summed E-state index contributed by atoms with van der Waals surface area (Å²) in [5, 5.41) is 4.16. The predicted octanol–water partition coefficient (Wildman–Crippen LogP) is 4.92. The van der Waals surface area contributed by atoms with Gasteiger partial charge in [0.2, 0.25) is 5.95 Å². The van der Waals surface area contributed by atoms with Gasteiger partial charge in [0, 0.05) is 29.4 Å². The summed E-state index contributed by atoms with van der Waals surface area (Å²) >= 11 is 0. The van der Waals surface area contributed by atoms with Crippen LogP contribution in [0, 0.1) is 16.7 Å². The molecule has 3 aromatic rings. The molecule has 1 N–H and O–H groups in total. The fourth-order valence-corrected chi connectivity index (χ4v) is 5.92. The summed E-state index contributed by atoms with van der Waals surface area (Å²) < 4.78 is 1.96. The van der Waals surface area contributed by atoms with Gasteiger partial charge in [0.05, 0.1) is 0 Å². The van der Waals surface area contributed by atoms with Crippen molar-refractivity contribution in [3.8, 4) is 0 Å². The number of anilines is 2. The Bertz CT molecular complexity index is 1100. The van der Waals surface area contributed by atoms with E-state index in [9.17, 15) is 4.79 Å². The van der Waals surface area contributed by atoms with Gasteiger partial charge in [-0.3, -0.25) is 9.36 Å². The number of pyridine rings is 1. The predicted molar refractivity (Wildman–Crippen MR) is 112 cm³/mol. The maximum absolute atomic E-state index is 13.1. The Morgan fingerprint density at radius 3 is 2.61 bits per heavy atom. The van der Waals surface area contributed by atoms with Crippen LogP contribution in [0.2, 0.25) is 0 Å². The van der Waals surface area contributed by atoms with Gasteiger partial charge in [0.15, 0.2) is 0 Å². The average Bonchev–Trinajstić information content (AvgIpc) is 3.15. The molecule has 5 rings (SSSR count). The number of hydrogen-bond donors (Lipinski definition) is 1. The van der Waals surface area contributed by atoms with Crippen molar-refractivity contribution in [1.82, 2.24) is 14.5 Å². The highest BCUT2D eigenvalue weighted by Crippen LogP contribution is 2.67. The zero-order chi connectivity index (χ0) is 19.5. The molecule has 0 spiro atoms. The zero-order valence-electron chi connectivity index (χ0n) is 16.6. The lowest BCUT2D eigenvalue weighted by atomic mass is 9.68. The first-order valence-corrected chi connectivity index (χ1v) is 10.1. The molecule has 0 amide bonds. The number of aromatic nitrogens is 3. The van der Waals surface area contributed by atoms with Gasteiger partial charge < -0.3 is 5.32 Å². The molecule has 5 nitrogen and oxygen atoms in total. The largest absolute Gasteiger partial charge is 0.324 e. The molecule has 5 heteroatoms.